The minimum atomic E-state index is 0.696. The van der Waals surface area contributed by atoms with Crippen LogP contribution in [-0.2, 0) is 0 Å². The molecular weight excluding hydrogens is 903 g/mol. The Morgan fingerprint density at radius 1 is 0.311 bits per heavy atom. The van der Waals surface area contributed by atoms with Gasteiger partial charge in [-0.15, -0.1) is 0 Å². The minimum Gasteiger partial charge on any atom is -0.322 e. The number of aromatic nitrogens is 7. The Bertz CT molecular complexity index is 4620. The molecule has 0 atom stereocenters. The molecule has 0 N–H and O–H groups in total. The molecule has 15 rings (SSSR count). The third-order valence-electron chi connectivity index (χ3n) is 14.8. The van der Waals surface area contributed by atoms with E-state index in [9.17, 15) is 0 Å². The Hall–Kier alpha value is -10.1. The largest absolute Gasteiger partial charge is 0.322 e. The van der Waals surface area contributed by atoms with E-state index in [0.29, 0.717) is 5.82 Å². The van der Waals surface area contributed by atoms with E-state index in [2.05, 4.69) is 243 Å². The fourth-order valence-electron chi connectivity index (χ4n) is 11.3. The minimum absolute atomic E-state index is 0.696. The number of nitrogens with zero attached hydrogens (tertiary/aromatic N) is 7. The molecule has 7 heteroatoms. The molecule has 8 aromatic carbocycles. The molecule has 0 bridgehead atoms. The van der Waals surface area contributed by atoms with Gasteiger partial charge in [-0.3, -0.25) is 0 Å². The highest BCUT2D eigenvalue weighted by atomic mass is 15.0. The standard InChI is InChI=1S/C67H43N7/c1-3-14-45(15-4-1)58-43-72(67-57(58)20-13-36-68-67)50-30-32-52(33-31-50)74-61-22-10-8-19-54(61)56-35-27-48(39-64(56)74)47-26-34-55-53-18-7-9-21-60(53)73(63(55)38-47)51-28-24-44(25-29-51)49-40-69-66(70-41-49)59-42-71-37-12-11-23-62(71)65(59)46-16-5-2-6-17-46/h1-43H. The van der Waals surface area contributed by atoms with E-state index in [-0.39, 0.29) is 0 Å². The lowest BCUT2D eigenvalue weighted by Crippen LogP contribution is -1.97. The highest BCUT2D eigenvalue weighted by Gasteiger charge is 2.20. The molecule has 0 aliphatic heterocycles. The second-order valence-corrected chi connectivity index (χ2v) is 19.0. The van der Waals surface area contributed by atoms with Crippen LogP contribution >= 0.6 is 0 Å². The molecule has 0 saturated carbocycles. The summed E-state index contributed by atoms with van der Waals surface area (Å²) in [6.45, 7) is 0. The topological polar surface area (TPSA) is 57.9 Å². The maximum atomic E-state index is 4.95. The van der Waals surface area contributed by atoms with Crippen molar-refractivity contribution in [1.29, 1.82) is 0 Å². The van der Waals surface area contributed by atoms with Gasteiger partial charge in [0.2, 0.25) is 0 Å². The maximum Gasteiger partial charge on any atom is 0.161 e. The molecule has 0 aliphatic rings. The van der Waals surface area contributed by atoms with Crippen LogP contribution in [0.15, 0.2) is 262 Å². The molecule has 0 unspecified atom stereocenters. The molecule has 346 valence electrons. The summed E-state index contributed by atoms with van der Waals surface area (Å²) in [6.07, 6.45) is 12.2. The summed E-state index contributed by atoms with van der Waals surface area (Å²) in [6, 6.07) is 80.4. The average molecular weight is 946 g/mol. The second-order valence-electron chi connectivity index (χ2n) is 19.0. The Morgan fingerprint density at radius 3 is 1.47 bits per heavy atom. The van der Waals surface area contributed by atoms with E-state index >= 15 is 0 Å². The van der Waals surface area contributed by atoms with E-state index in [1.807, 2.05) is 36.8 Å². The zero-order chi connectivity index (χ0) is 48.7. The Kier molecular flexibility index (Phi) is 9.43. The summed E-state index contributed by atoms with van der Waals surface area (Å²) in [5.74, 6) is 0.696. The first-order valence-electron chi connectivity index (χ1n) is 25.0. The number of fused-ring (bicyclic) bond motifs is 8. The van der Waals surface area contributed by atoms with Crippen LogP contribution in [0.4, 0.5) is 0 Å². The van der Waals surface area contributed by atoms with E-state index in [0.717, 1.165) is 94.7 Å². The molecule has 7 aromatic heterocycles. The summed E-state index contributed by atoms with van der Waals surface area (Å²) in [5, 5.41) is 5.99. The van der Waals surface area contributed by atoms with Crippen molar-refractivity contribution in [3.05, 3.63) is 262 Å². The monoisotopic (exact) mass is 945 g/mol. The predicted molar refractivity (Wildman–Crippen MR) is 303 cm³/mol. The van der Waals surface area contributed by atoms with Gasteiger partial charge in [-0.05, 0) is 113 Å². The first kappa shape index (κ1) is 41.7. The van der Waals surface area contributed by atoms with Gasteiger partial charge in [0.15, 0.2) is 5.82 Å². The first-order chi connectivity index (χ1) is 36.7. The van der Waals surface area contributed by atoms with E-state index < -0.39 is 0 Å². The molecule has 74 heavy (non-hydrogen) atoms. The zero-order valence-corrected chi connectivity index (χ0v) is 40.0. The van der Waals surface area contributed by atoms with Crippen LogP contribution in [-0.4, -0.2) is 33.1 Å². The quantitative estimate of drug-likeness (QED) is 0.152. The smallest absolute Gasteiger partial charge is 0.161 e. The zero-order valence-electron chi connectivity index (χ0n) is 40.0. The molecule has 0 saturated heterocycles. The van der Waals surface area contributed by atoms with Crippen LogP contribution in [0.3, 0.4) is 0 Å². The van der Waals surface area contributed by atoms with Crippen molar-refractivity contribution in [3.63, 3.8) is 0 Å². The summed E-state index contributed by atoms with van der Waals surface area (Å²) < 4.78 is 9.15. The van der Waals surface area contributed by atoms with Gasteiger partial charge in [0, 0.05) is 103 Å². The normalized spacial score (nSPS) is 11.8. The van der Waals surface area contributed by atoms with Crippen LogP contribution in [0.5, 0.6) is 0 Å². The van der Waals surface area contributed by atoms with Crippen LogP contribution < -0.4 is 0 Å². The van der Waals surface area contributed by atoms with Crippen molar-refractivity contribution < 1.29 is 0 Å². The summed E-state index contributed by atoms with van der Waals surface area (Å²) in [7, 11) is 0. The van der Waals surface area contributed by atoms with Crippen molar-refractivity contribution in [2.45, 2.75) is 0 Å². The number of pyridine rings is 2. The van der Waals surface area contributed by atoms with Gasteiger partial charge in [-0.25, -0.2) is 15.0 Å². The fourth-order valence-corrected chi connectivity index (χ4v) is 11.3. The SMILES string of the molecule is c1ccc(-c2cn(-c3ccc(-n4c5ccccc5c5ccc(-c6ccc7c8ccccc8n(-c8ccc(-c9cnc(-c%10cn%11ccccc%11c%10-c%10ccccc%10)nc9)cc8)c7c6)cc54)cc3)c3ncccc23)cc1. The van der Waals surface area contributed by atoms with Crippen LogP contribution in [0.1, 0.15) is 0 Å². The van der Waals surface area contributed by atoms with Crippen molar-refractivity contribution in [2.24, 2.45) is 0 Å². The molecular formula is C67H43N7. The lowest BCUT2D eigenvalue weighted by Gasteiger charge is -2.12. The maximum absolute atomic E-state index is 4.95. The second kappa shape index (κ2) is 16.8. The fraction of sp³-hybridized carbons (Fsp3) is 0. The molecule has 0 radical (unpaired) electrons. The van der Waals surface area contributed by atoms with Gasteiger partial charge < -0.3 is 18.1 Å². The summed E-state index contributed by atoms with van der Waals surface area (Å²) in [4.78, 5) is 14.7. The molecule has 15 aromatic rings. The number of para-hydroxylation sites is 2. The Balaban J connectivity index is 0.787. The third-order valence-corrected chi connectivity index (χ3v) is 14.8. The van der Waals surface area contributed by atoms with Crippen LogP contribution in [0, 0.1) is 0 Å². The molecule has 0 spiro atoms. The summed E-state index contributed by atoms with van der Waals surface area (Å²) >= 11 is 0. The number of rotatable bonds is 8. The lowest BCUT2D eigenvalue weighted by molar-refractivity contribution is 1.08. The first-order valence-corrected chi connectivity index (χ1v) is 25.0. The van der Waals surface area contributed by atoms with Crippen molar-refractivity contribution in [3.8, 4) is 73.0 Å². The van der Waals surface area contributed by atoms with Gasteiger partial charge in [0.25, 0.3) is 0 Å². The highest BCUT2D eigenvalue weighted by Crippen LogP contribution is 2.40. The Morgan fingerprint density at radius 2 is 0.824 bits per heavy atom. The number of benzene rings is 8. The number of hydrogen-bond acceptors (Lipinski definition) is 3. The molecule has 7 heterocycles. The average Bonchev–Trinajstić information content (AvgIpc) is 4.24. The molecule has 7 nitrogen and oxygen atoms in total. The van der Waals surface area contributed by atoms with Gasteiger partial charge in [0.1, 0.15) is 5.65 Å². The van der Waals surface area contributed by atoms with Crippen LogP contribution in [0.25, 0.3) is 133 Å². The Labute approximate surface area is 425 Å². The van der Waals surface area contributed by atoms with Gasteiger partial charge >= 0.3 is 0 Å². The van der Waals surface area contributed by atoms with Crippen molar-refractivity contribution in [1.82, 2.24) is 33.1 Å². The summed E-state index contributed by atoms with van der Waals surface area (Å²) in [5.41, 5.74) is 19.8. The van der Waals surface area contributed by atoms with Gasteiger partial charge in [0.05, 0.1) is 27.6 Å². The molecule has 0 aliphatic carbocycles. The third kappa shape index (κ3) is 6.64. The van der Waals surface area contributed by atoms with Crippen LogP contribution in [0.2, 0.25) is 0 Å². The highest BCUT2D eigenvalue weighted by molar-refractivity contribution is 6.12. The lowest BCUT2D eigenvalue weighted by atomic mass is 10.0. The van der Waals surface area contributed by atoms with Gasteiger partial charge in [-0.2, -0.15) is 0 Å². The van der Waals surface area contributed by atoms with E-state index in [4.69, 9.17) is 15.0 Å². The van der Waals surface area contributed by atoms with Crippen molar-refractivity contribution in [2.75, 3.05) is 0 Å². The van der Waals surface area contributed by atoms with E-state index in [1.54, 1.807) is 0 Å². The predicted octanol–water partition coefficient (Wildman–Crippen LogP) is 16.6. The van der Waals surface area contributed by atoms with E-state index in [1.165, 1.54) is 32.6 Å². The molecule has 0 fully saturated rings. The number of hydrogen-bond donors (Lipinski definition) is 0. The van der Waals surface area contributed by atoms with Gasteiger partial charge in [-0.1, -0.05) is 140 Å². The van der Waals surface area contributed by atoms with Crippen molar-refractivity contribution >= 4 is 60.2 Å². The molecule has 0 amide bonds.